The molecule has 1 aromatic heterocycles. The molecule has 4 heteroatoms. The molecule has 0 atom stereocenters. The minimum Gasteiger partial charge on any atom is -0.388 e. The predicted molar refractivity (Wildman–Crippen MR) is 68.2 cm³/mol. The minimum atomic E-state index is 0.353. The van der Waals surface area contributed by atoms with Crippen LogP contribution in [0.5, 0.6) is 0 Å². The molecule has 0 spiro atoms. The number of benzene rings is 1. The Hall–Kier alpha value is -1.26. The third-order valence-corrected chi connectivity index (χ3v) is 3.22. The topological polar surface area (TPSA) is 38.9 Å². The minimum absolute atomic E-state index is 0.353. The fourth-order valence-electron chi connectivity index (χ4n) is 1.32. The smallest absolute Gasteiger partial charge is 0.124 e. The highest BCUT2D eigenvalue weighted by Gasteiger charge is 2.07. The van der Waals surface area contributed by atoms with Gasteiger partial charge in [0.15, 0.2) is 0 Å². The van der Waals surface area contributed by atoms with E-state index in [4.69, 9.17) is 18.0 Å². The van der Waals surface area contributed by atoms with Crippen molar-refractivity contribution in [3.05, 3.63) is 40.9 Å². The maximum absolute atomic E-state index is 5.52. The monoisotopic (exact) mass is 234 g/mol. The van der Waals surface area contributed by atoms with Gasteiger partial charge in [0.2, 0.25) is 0 Å². The lowest BCUT2D eigenvalue weighted by molar-refractivity contribution is 1.35. The van der Waals surface area contributed by atoms with Crippen molar-refractivity contribution < 1.29 is 0 Å². The Balaban J connectivity index is 2.46. The van der Waals surface area contributed by atoms with Gasteiger partial charge < -0.3 is 5.73 Å². The number of nitrogens with zero attached hydrogens (tertiary/aromatic N) is 1. The first-order valence-electron chi connectivity index (χ1n) is 4.50. The maximum atomic E-state index is 5.52. The first-order chi connectivity index (χ1) is 7.18. The number of nitrogens with two attached hydrogens (primary N) is 1. The molecule has 2 nitrogen and oxygen atoms in total. The summed E-state index contributed by atoms with van der Waals surface area (Å²) in [7, 11) is 0. The zero-order valence-electron chi connectivity index (χ0n) is 8.23. The maximum Gasteiger partial charge on any atom is 0.124 e. The van der Waals surface area contributed by atoms with Gasteiger partial charge in [-0.3, -0.25) is 0 Å². The van der Waals surface area contributed by atoms with Crippen LogP contribution in [0.15, 0.2) is 29.6 Å². The third kappa shape index (κ3) is 2.06. The van der Waals surface area contributed by atoms with Crippen molar-refractivity contribution in [3.8, 4) is 10.6 Å². The van der Waals surface area contributed by atoms with Crippen LogP contribution in [0.3, 0.4) is 0 Å². The van der Waals surface area contributed by atoms with Gasteiger partial charge in [0, 0.05) is 10.9 Å². The summed E-state index contributed by atoms with van der Waals surface area (Å²) in [6.45, 7) is 2.07. The fraction of sp³-hybridized carbons (Fsp3) is 0.0909. The molecule has 0 aliphatic heterocycles. The zero-order chi connectivity index (χ0) is 10.8. The van der Waals surface area contributed by atoms with Crippen molar-refractivity contribution in [2.45, 2.75) is 6.92 Å². The molecule has 0 aliphatic rings. The fourth-order valence-corrected chi connectivity index (χ4v) is 2.41. The molecule has 15 heavy (non-hydrogen) atoms. The summed E-state index contributed by atoms with van der Waals surface area (Å²) in [5.74, 6) is 0. The lowest BCUT2D eigenvalue weighted by atomic mass is 10.1. The van der Waals surface area contributed by atoms with Gasteiger partial charge in [0.1, 0.15) is 15.7 Å². The molecule has 0 aliphatic carbocycles. The van der Waals surface area contributed by atoms with Gasteiger partial charge in [0.05, 0.1) is 0 Å². The SMILES string of the molecule is Cc1ccccc1-c1nc(C(N)=S)cs1. The largest absolute Gasteiger partial charge is 0.388 e. The second-order valence-electron chi connectivity index (χ2n) is 3.22. The molecule has 0 saturated heterocycles. The van der Waals surface area contributed by atoms with Crippen molar-refractivity contribution in [2.24, 2.45) is 5.73 Å². The number of hydrogen-bond acceptors (Lipinski definition) is 3. The highest BCUT2D eigenvalue weighted by molar-refractivity contribution is 7.80. The van der Waals surface area contributed by atoms with Crippen LogP contribution in [0.25, 0.3) is 10.6 Å². The molecule has 0 radical (unpaired) electrons. The van der Waals surface area contributed by atoms with E-state index in [1.807, 2.05) is 17.5 Å². The van der Waals surface area contributed by atoms with Crippen LogP contribution < -0.4 is 5.73 Å². The van der Waals surface area contributed by atoms with Crippen LogP contribution in [-0.4, -0.2) is 9.97 Å². The number of aromatic nitrogens is 1. The summed E-state index contributed by atoms with van der Waals surface area (Å²) in [6.07, 6.45) is 0. The number of aryl methyl sites for hydroxylation is 1. The van der Waals surface area contributed by atoms with Gasteiger partial charge in [0.25, 0.3) is 0 Å². The summed E-state index contributed by atoms with van der Waals surface area (Å²) in [5.41, 5.74) is 8.57. The molecular weight excluding hydrogens is 224 g/mol. The zero-order valence-corrected chi connectivity index (χ0v) is 9.86. The molecule has 0 fully saturated rings. The Morgan fingerprint density at radius 3 is 2.73 bits per heavy atom. The van der Waals surface area contributed by atoms with Crippen molar-refractivity contribution >= 4 is 28.5 Å². The van der Waals surface area contributed by atoms with E-state index in [-0.39, 0.29) is 0 Å². The van der Waals surface area contributed by atoms with Gasteiger partial charge in [-0.1, -0.05) is 36.5 Å². The van der Waals surface area contributed by atoms with Gasteiger partial charge in [-0.05, 0) is 12.5 Å². The first-order valence-corrected chi connectivity index (χ1v) is 5.78. The molecule has 0 bridgehead atoms. The lowest BCUT2D eigenvalue weighted by Gasteiger charge is -2.00. The van der Waals surface area contributed by atoms with E-state index in [1.165, 1.54) is 5.56 Å². The van der Waals surface area contributed by atoms with E-state index < -0.39 is 0 Å². The second kappa shape index (κ2) is 4.08. The lowest BCUT2D eigenvalue weighted by Crippen LogP contribution is -2.09. The van der Waals surface area contributed by atoms with Gasteiger partial charge in [-0.2, -0.15) is 0 Å². The van der Waals surface area contributed by atoms with Crippen LogP contribution in [0.2, 0.25) is 0 Å². The average Bonchev–Trinajstić information content (AvgIpc) is 2.67. The average molecular weight is 234 g/mol. The van der Waals surface area contributed by atoms with E-state index in [2.05, 4.69) is 24.0 Å². The summed E-state index contributed by atoms with van der Waals surface area (Å²) >= 11 is 6.45. The molecule has 0 amide bonds. The van der Waals surface area contributed by atoms with Crippen molar-refractivity contribution in [1.29, 1.82) is 0 Å². The second-order valence-corrected chi connectivity index (χ2v) is 4.52. The normalized spacial score (nSPS) is 10.2. The predicted octanol–water partition coefficient (Wildman–Crippen LogP) is 2.75. The van der Waals surface area contributed by atoms with Crippen LogP contribution in [0.4, 0.5) is 0 Å². The Morgan fingerprint density at radius 1 is 1.40 bits per heavy atom. The molecule has 76 valence electrons. The van der Waals surface area contributed by atoms with Gasteiger partial charge >= 0.3 is 0 Å². The van der Waals surface area contributed by atoms with Crippen LogP contribution in [0, 0.1) is 6.92 Å². The van der Waals surface area contributed by atoms with E-state index in [1.54, 1.807) is 11.3 Å². The molecule has 1 aromatic carbocycles. The molecule has 2 rings (SSSR count). The number of thiazole rings is 1. The molecule has 2 aromatic rings. The van der Waals surface area contributed by atoms with Crippen LogP contribution in [0.1, 0.15) is 11.3 Å². The van der Waals surface area contributed by atoms with Crippen LogP contribution >= 0.6 is 23.6 Å². The van der Waals surface area contributed by atoms with Crippen molar-refractivity contribution in [3.63, 3.8) is 0 Å². The summed E-state index contributed by atoms with van der Waals surface area (Å²) in [5, 5.41) is 2.86. The standard InChI is InChI=1S/C11H10N2S2/c1-7-4-2-3-5-8(7)11-13-9(6-15-11)10(12)14/h2-6H,1H3,(H2,12,14). The highest BCUT2D eigenvalue weighted by atomic mass is 32.1. The van der Waals surface area contributed by atoms with E-state index in [0.29, 0.717) is 10.7 Å². The van der Waals surface area contributed by atoms with Crippen LogP contribution in [-0.2, 0) is 0 Å². The Bertz CT molecular complexity index is 503. The van der Waals surface area contributed by atoms with E-state index in [0.717, 1.165) is 10.6 Å². The molecule has 0 saturated carbocycles. The van der Waals surface area contributed by atoms with E-state index in [9.17, 15) is 0 Å². The van der Waals surface area contributed by atoms with E-state index >= 15 is 0 Å². The number of hydrogen-bond donors (Lipinski definition) is 1. The number of thiocarbonyl (C=S) groups is 1. The number of rotatable bonds is 2. The third-order valence-electron chi connectivity index (χ3n) is 2.13. The highest BCUT2D eigenvalue weighted by Crippen LogP contribution is 2.26. The molecule has 2 N–H and O–H groups in total. The summed E-state index contributed by atoms with van der Waals surface area (Å²) in [4.78, 5) is 4.75. The summed E-state index contributed by atoms with van der Waals surface area (Å²) in [6, 6.07) is 8.14. The first kappa shape index (κ1) is 10.3. The van der Waals surface area contributed by atoms with Gasteiger partial charge in [-0.25, -0.2) is 4.98 Å². The Kier molecular flexibility index (Phi) is 2.79. The van der Waals surface area contributed by atoms with Crippen molar-refractivity contribution in [2.75, 3.05) is 0 Å². The molecular formula is C11H10N2S2. The Labute approximate surface area is 97.8 Å². The summed E-state index contributed by atoms with van der Waals surface area (Å²) < 4.78 is 0. The molecule has 1 heterocycles. The van der Waals surface area contributed by atoms with Gasteiger partial charge in [-0.15, -0.1) is 11.3 Å². The quantitative estimate of drug-likeness (QED) is 0.812. The Morgan fingerprint density at radius 2 is 2.13 bits per heavy atom. The van der Waals surface area contributed by atoms with Crippen molar-refractivity contribution in [1.82, 2.24) is 4.98 Å². The molecule has 0 unspecified atom stereocenters.